The van der Waals surface area contributed by atoms with Crippen LogP contribution in [-0.4, -0.2) is 66.8 Å². The molecule has 14 heavy (non-hydrogen) atoms. The molecule has 0 aromatic carbocycles. The molecule has 1 amide bonds. The van der Waals surface area contributed by atoms with E-state index >= 15 is 0 Å². The number of nitrogens with zero attached hydrogens (tertiary/aromatic N) is 2. The van der Waals surface area contributed by atoms with Crippen LogP contribution in [0.15, 0.2) is 0 Å². The number of carbonyl (C=O) groups excluding carboxylic acids is 1. The summed E-state index contributed by atoms with van der Waals surface area (Å²) in [4.78, 5) is 24.8. The summed E-state index contributed by atoms with van der Waals surface area (Å²) in [7, 11) is 1.34. The molecule has 0 saturated carbocycles. The maximum atomic E-state index is 11.1. The van der Waals surface area contributed by atoms with Crippen molar-refractivity contribution >= 4 is 12.1 Å². The smallest absolute Gasteiger partial charge is 0.409 e. The van der Waals surface area contributed by atoms with Gasteiger partial charge in [-0.05, 0) is 0 Å². The molecule has 6 nitrogen and oxygen atoms in total. The van der Waals surface area contributed by atoms with Crippen molar-refractivity contribution in [2.24, 2.45) is 0 Å². The summed E-state index contributed by atoms with van der Waals surface area (Å²) in [5, 5.41) is 8.54. The molecule has 1 aliphatic heterocycles. The quantitative estimate of drug-likeness (QED) is 0.651. The Hall–Kier alpha value is -1.30. The lowest BCUT2D eigenvalue weighted by Crippen LogP contribution is -2.49. The van der Waals surface area contributed by atoms with E-state index in [0.717, 1.165) is 0 Å². The molecule has 1 aliphatic rings. The maximum Gasteiger partial charge on any atom is 0.409 e. The van der Waals surface area contributed by atoms with Crippen LogP contribution < -0.4 is 0 Å². The number of amides is 1. The standard InChI is InChI=1S/C8H14N2O4/c1-14-8(13)10-4-2-9(3-5-10)6-7(11)12/h2-6H2,1H3,(H,11,12). The van der Waals surface area contributed by atoms with Gasteiger partial charge in [-0.1, -0.05) is 0 Å². The van der Waals surface area contributed by atoms with Crippen molar-refractivity contribution < 1.29 is 19.4 Å². The van der Waals surface area contributed by atoms with Gasteiger partial charge >= 0.3 is 12.1 Å². The van der Waals surface area contributed by atoms with E-state index in [1.807, 2.05) is 0 Å². The van der Waals surface area contributed by atoms with Gasteiger partial charge in [-0.3, -0.25) is 9.69 Å². The second kappa shape index (κ2) is 4.80. The lowest BCUT2D eigenvalue weighted by atomic mass is 10.3. The van der Waals surface area contributed by atoms with Crippen molar-refractivity contribution in [2.45, 2.75) is 0 Å². The van der Waals surface area contributed by atoms with Gasteiger partial charge in [0.1, 0.15) is 0 Å². The van der Waals surface area contributed by atoms with Crippen LogP contribution in [0.3, 0.4) is 0 Å². The molecule has 0 aliphatic carbocycles. The van der Waals surface area contributed by atoms with Crippen LogP contribution in [0.25, 0.3) is 0 Å². The summed E-state index contributed by atoms with van der Waals surface area (Å²) in [5.74, 6) is -0.837. The predicted octanol–water partition coefficient (Wildman–Crippen LogP) is -0.545. The first-order valence-electron chi connectivity index (χ1n) is 4.40. The number of methoxy groups -OCH3 is 1. The van der Waals surface area contributed by atoms with Gasteiger partial charge in [0.2, 0.25) is 0 Å². The van der Waals surface area contributed by atoms with E-state index in [4.69, 9.17) is 5.11 Å². The summed E-state index contributed by atoms with van der Waals surface area (Å²) < 4.78 is 4.56. The molecule has 0 aromatic rings. The number of hydrogen-bond donors (Lipinski definition) is 1. The minimum atomic E-state index is -0.837. The molecule has 6 heteroatoms. The van der Waals surface area contributed by atoms with Crippen LogP contribution in [0, 0.1) is 0 Å². The van der Waals surface area contributed by atoms with Crippen LogP contribution in [0.5, 0.6) is 0 Å². The molecular formula is C8H14N2O4. The van der Waals surface area contributed by atoms with E-state index in [-0.39, 0.29) is 12.6 Å². The third-order valence-electron chi connectivity index (χ3n) is 2.16. The third kappa shape index (κ3) is 2.88. The van der Waals surface area contributed by atoms with Crippen molar-refractivity contribution in [1.29, 1.82) is 0 Å². The second-order valence-electron chi connectivity index (χ2n) is 3.13. The Kier molecular flexibility index (Phi) is 3.70. The lowest BCUT2D eigenvalue weighted by Gasteiger charge is -2.32. The number of rotatable bonds is 2. The number of hydrogen-bond acceptors (Lipinski definition) is 4. The van der Waals surface area contributed by atoms with Crippen LogP contribution in [-0.2, 0) is 9.53 Å². The van der Waals surface area contributed by atoms with Gasteiger partial charge in [0.15, 0.2) is 0 Å². The predicted molar refractivity (Wildman–Crippen MR) is 48.1 cm³/mol. The summed E-state index contributed by atoms with van der Waals surface area (Å²) in [6.07, 6.45) is -0.347. The number of aliphatic carboxylic acids is 1. The topological polar surface area (TPSA) is 70.1 Å². The first-order chi connectivity index (χ1) is 6.63. The fourth-order valence-corrected chi connectivity index (χ4v) is 1.41. The van der Waals surface area contributed by atoms with E-state index in [2.05, 4.69) is 4.74 Å². The normalized spacial score (nSPS) is 17.9. The molecule has 1 fully saturated rings. The lowest BCUT2D eigenvalue weighted by molar-refractivity contribution is -0.138. The molecule has 0 bridgehead atoms. The van der Waals surface area contributed by atoms with Crippen molar-refractivity contribution in [3.8, 4) is 0 Å². The Morgan fingerprint density at radius 3 is 2.29 bits per heavy atom. The highest BCUT2D eigenvalue weighted by atomic mass is 16.5. The van der Waals surface area contributed by atoms with Crippen molar-refractivity contribution in [2.75, 3.05) is 39.8 Å². The Bertz CT molecular complexity index is 223. The van der Waals surface area contributed by atoms with Gasteiger partial charge in [0.25, 0.3) is 0 Å². The molecule has 80 valence electrons. The second-order valence-corrected chi connectivity index (χ2v) is 3.13. The molecule has 1 heterocycles. The van der Waals surface area contributed by atoms with E-state index in [1.165, 1.54) is 7.11 Å². The highest BCUT2D eigenvalue weighted by Gasteiger charge is 2.22. The van der Waals surface area contributed by atoms with Crippen molar-refractivity contribution in [1.82, 2.24) is 9.80 Å². The number of carboxylic acid groups (broad SMARTS) is 1. The minimum Gasteiger partial charge on any atom is -0.480 e. The Labute approximate surface area is 82.0 Å². The van der Waals surface area contributed by atoms with Gasteiger partial charge in [-0.15, -0.1) is 0 Å². The third-order valence-corrected chi connectivity index (χ3v) is 2.16. The van der Waals surface area contributed by atoms with E-state index in [1.54, 1.807) is 9.80 Å². The zero-order chi connectivity index (χ0) is 10.6. The van der Waals surface area contributed by atoms with E-state index in [9.17, 15) is 9.59 Å². The summed E-state index contributed by atoms with van der Waals surface area (Å²) in [5.41, 5.74) is 0. The highest BCUT2D eigenvalue weighted by molar-refractivity contribution is 5.69. The average Bonchev–Trinajstić information content (AvgIpc) is 2.17. The van der Waals surface area contributed by atoms with Crippen LogP contribution >= 0.6 is 0 Å². The molecule has 0 atom stereocenters. The van der Waals surface area contributed by atoms with Gasteiger partial charge in [0.05, 0.1) is 13.7 Å². The molecular weight excluding hydrogens is 188 g/mol. The molecule has 1 N–H and O–H groups in total. The fourth-order valence-electron chi connectivity index (χ4n) is 1.41. The summed E-state index contributed by atoms with van der Waals surface area (Å²) in [6.45, 7) is 2.26. The molecule has 0 unspecified atom stereocenters. The van der Waals surface area contributed by atoms with Crippen molar-refractivity contribution in [3.05, 3.63) is 0 Å². The summed E-state index contributed by atoms with van der Waals surface area (Å²) >= 11 is 0. The molecule has 0 radical (unpaired) electrons. The molecule has 0 aromatic heterocycles. The number of ether oxygens (including phenoxy) is 1. The average molecular weight is 202 g/mol. The van der Waals surface area contributed by atoms with Gasteiger partial charge in [-0.2, -0.15) is 0 Å². The SMILES string of the molecule is COC(=O)N1CCN(CC(=O)O)CC1. The highest BCUT2D eigenvalue weighted by Crippen LogP contribution is 2.02. The van der Waals surface area contributed by atoms with Gasteiger partial charge < -0.3 is 14.7 Å². The zero-order valence-corrected chi connectivity index (χ0v) is 8.10. The first kappa shape index (κ1) is 10.8. The Balaban J connectivity index is 2.31. The largest absolute Gasteiger partial charge is 0.480 e. The van der Waals surface area contributed by atoms with Crippen LogP contribution in [0.4, 0.5) is 4.79 Å². The number of carbonyl (C=O) groups is 2. The van der Waals surface area contributed by atoms with E-state index in [0.29, 0.717) is 26.2 Å². The van der Waals surface area contributed by atoms with Crippen LogP contribution in [0.1, 0.15) is 0 Å². The molecule has 1 saturated heterocycles. The first-order valence-corrected chi connectivity index (χ1v) is 4.40. The minimum absolute atomic E-state index is 0.0367. The van der Waals surface area contributed by atoms with Crippen LogP contribution in [0.2, 0.25) is 0 Å². The maximum absolute atomic E-state index is 11.1. The number of carboxylic acids is 1. The monoisotopic (exact) mass is 202 g/mol. The van der Waals surface area contributed by atoms with Crippen molar-refractivity contribution in [3.63, 3.8) is 0 Å². The van der Waals surface area contributed by atoms with Gasteiger partial charge in [0, 0.05) is 26.2 Å². The number of piperazine rings is 1. The zero-order valence-electron chi connectivity index (χ0n) is 8.10. The summed E-state index contributed by atoms with van der Waals surface area (Å²) in [6, 6.07) is 0. The van der Waals surface area contributed by atoms with Gasteiger partial charge in [-0.25, -0.2) is 4.79 Å². The Morgan fingerprint density at radius 2 is 1.86 bits per heavy atom. The van der Waals surface area contributed by atoms with E-state index < -0.39 is 5.97 Å². The molecule has 0 spiro atoms. The molecule has 1 rings (SSSR count). The fraction of sp³-hybridized carbons (Fsp3) is 0.750. The Morgan fingerprint density at radius 1 is 1.29 bits per heavy atom.